The van der Waals surface area contributed by atoms with E-state index in [9.17, 15) is 14.4 Å². The Morgan fingerprint density at radius 1 is 1.14 bits per heavy atom. The minimum absolute atomic E-state index is 0.0351. The van der Waals surface area contributed by atoms with Crippen LogP contribution in [0.1, 0.15) is 50.6 Å². The highest BCUT2D eigenvalue weighted by atomic mass is 79.9. The zero-order chi connectivity index (χ0) is 26.0. The highest BCUT2D eigenvalue weighted by Crippen LogP contribution is 2.55. The molecule has 0 radical (unpaired) electrons. The molecule has 192 valence electrons. The molecule has 1 aromatic carbocycles. The summed E-state index contributed by atoms with van der Waals surface area (Å²) in [4.78, 5) is 44.6. The van der Waals surface area contributed by atoms with Crippen LogP contribution in [0, 0.1) is 5.41 Å². The van der Waals surface area contributed by atoms with Crippen molar-refractivity contribution in [3.63, 3.8) is 0 Å². The van der Waals surface area contributed by atoms with E-state index in [1.54, 1.807) is 34.1 Å². The second kappa shape index (κ2) is 10.5. The fourth-order valence-corrected chi connectivity index (χ4v) is 5.08. The average Bonchev–Trinajstić information content (AvgIpc) is 3.27. The van der Waals surface area contributed by atoms with Gasteiger partial charge in [-0.05, 0) is 83.4 Å². The number of halogens is 1. The summed E-state index contributed by atoms with van der Waals surface area (Å²) in [5, 5.41) is 10.0. The van der Waals surface area contributed by atoms with Crippen LogP contribution in [-0.4, -0.2) is 50.0 Å². The maximum absolute atomic E-state index is 13.3. The topological polar surface area (TPSA) is 109 Å². The number of amides is 3. The van der Waals surface area contributed by atoms with Crippen molar-refractivity contribution in [3.05, 3.63) is 71.1 Å². The number of hydrogen-bond donors (Lipinski definition) is 2. The Morgan fingerprint density at radius 2 is 1.92 bits per heavy atom. The number of pyridine rings is 1. The van der Waals surface area contributed by atoms with Crippen molar-refractivity contribution in [1.82, 2.24) is 25.0 Å². The van der Waals surface area contributed by atoms with Gasteiger partial charge in [-0.25, -0.2) is 9.67 Å². The van der Waals surface area contributed by atoms with E-state index in [4.69, 9.17) is 0 Å². The van der Waals surface area contributed by atoms with Crippen molar-refractivity contribution in [1.29, 1.82) is 0 Å². The van der Waals surface area contributed by atoms with Gasteiger partial charge < -0.3 is 15.5 Å². The lowest BCUT2D eigenvalue weighted by Crippen LogP contribution is -2.46. The zero-order valence-electron chi connectivity index (χ0n) is 20.6. The number of nitrogens with one attached hydrogen (secondary N) is 2. The minimum Gasteiger partial charge on any atom is -0.348 e. The molecular weight excluding hydrogens is 536 g/mol. The third-order valence-corrected chi connectivity index (χ3v) is 7.64. The largest absolute Gasteiger partial charge is 0.348 e. The Labute approximate surface area is 223 Å². The highest BCUT2D eigenvalue weighted by molar-refractivity contribution is 9.10. The second-order valence-corrected chi connectivity index (χ2v) is 10.8. The van der Waals surface area contributed by atoms with Crippen LogP contribution >= 0.6 is 15.9 Å². The molecule has 0 bridgehead atoms. The van der Waals surface area contributed by atoms with Crippen LogP contribution < -0.4 is 10.6 Å². The lowest BCUT2D eigenvalue weighted by atomic mass is 10.0. The first-order valence-electron chi connectivity index (χ1n) is 12.4. The number of benzene rings is 1. The molecule has 2 aromatic heterocycles. The quantitative estimate of drug-likeness (QED) is 0.429. The molecule has 1 aliphatic carbocycles. The number of nitrogens with zero attached hydrogens (tertiary/aromatic N) is 4. The third-order valence-electron chi connectivity index (χ3n) is 7.17. The van der Waals surface area contributed by atoms with E-state index in [2.05, 4.69) is 36.6 Å². The van der Waals surface area contributed by atoms with Gasteiger partial charge in [0.25, 0.3) is 0 Å². The summed E-state index contributed by atoms with van der Waals surface area (Å²) in [6.45, 7) is 2.52. The van der Waals surface area contributed by atoms with Crippen molar-refractivity contribution in [2.75, 3.05) is 11.9 Å². The van der Waals surface area contributed by atoms with Crippen molar-refractivity contribution >= 4 is 39.5 Å². The molecule has 3 heterocycles. The number of carbonyl (C=O) groups excluding carboxylic acids is 3. The van der Waals surface area contributed by atoms with Crippen LogP contribution in [0.3, 0.4) is 0 Å². The number of likely N-dealkylation sites (tertiary alicyclic amines) is 1. The molecule has 37 heavy (non-hydrogen) atoms. The molecule has 10 heteroatoms. The van der Waals surface area contributed by atoms with Crippen molar-refractivity contribution in [2.24, 2.45) is 5.41 Å². The summed E-state index contributed by atoms with van der Waals surface area (Å²) >= 11 is 3.31. The lowest BCUT2D eigenvalue weighted by Gasteiger charge is -2.25. The predicted octanol–water partition coefficient (Wildman–Crippen LogP) is 4.01. The molecule has 2 fully saturated rings. The molecule has 2 N–H and O–H groups in total. The van der Waals surface area contributed by atoms with Gasteiger partial charge in [0.1, 0.15) is 11.9 Å². The Morgan fingerprint density at radius 3 is 2.57 bits per heavy atom. The van der Waals surface area contributed by atoms with E-state index in [1.807, 2.05) is 43.5 Å². The Bertz CT molecular complexity index is 1270. The van der Waals surface area contributed by atoms with Gasteiger partial charge in [0.2, 0.25) is 17.7 Å². The summed E-state index contributed by atoms with van der Waals surface area (Å²) in [5.41, 5.74) is 1.96. The Hall–Kier alpha value is -3.53. The first-order chi connectivity index (χ1) is 17.8. The first kappa shape index (κ1) is 25.1. The summed E-state index contributed by atoms with van der Waals surface area (Å²) in [6, 6.07) is 12.5. The monoisotopic (exact) mass is 564 g/mol. The van der Waals surface area contributed by atoms with E-state index in [0.29, 0.717) is 18.8 Å². The van der Waals surface area contributed by atoms with E-state index in [0.717, 1.165) is 28.6 Å². The fraction of sp³-hybridized carbons (Fsp3) is 0.370. The molecule has 2 atom stereocenters. The molecule has 1 unspecified atom stereocenters. The summed E-state index contributed by atoms with van der Waals surface area (Å²) in [7, 11) is 0. The van der Waals surface area contributed by atoms with Crippen molar-refractivity contribution < 1.29 is 14.4 Å². The molecule has 2 aliphatic rings. The highest BCUT2D eigenvalue weighted by Gasteiger charge is 2.55. The van der Waals surface area contributed by atoms with E-state index >= 15 is 0 Å². The van der Waals surface area contributed by atoms with Crippen LogP contribution in [0.25, 0.3) is 5.69 Å². The van der Waals surface area contributed by atoms with Gasteiger partial charge in [-0.3, -0.25) is 14.4 Å². The van der Waals surface area contributed by atoms with Crippen LogP contribution in [0.15, 0.2) is 65.5 Å². The Balaban J connectivity index is 1.17. The standard InChI is InChI=1S/C27H29BrN6O3/c1-18(19-3-6-21(7-4-19)34-14-2-13-30-34)31-26(37)22-15-27(11-12-27)17-33(22)25(36)10-9-24(35)32-23-8-5-20(28)16-29-23/h2-8,13-14,16,18,22H,9-12,15,17H2,1H3,(H,31,37)(H,29,32,35)/t18?,22-/m1/s1. The fourth-order valence-electron chi connectivity index (χ4n) is 4.84. The first-order valence-corrected chi connectivity index (χ1v) is 13.2. The molecule has 9 nitrogen and oxygen atoms in total. The smallest absolute Gasteiger partial charge is 0.243 e. The molecule has 1 saturated carbocycles. The van der Waals surface area contributed by atoms with Crippen LogP contribution in [0.4, 0.5) is 5.82 Å². The summed E-state index contributed by atoms with van der Waals surface area (Å²) in [5.74, 6) is -0.164. The summed E-state index contributed by atoms with van der Waals surface area (Å²) in [6.07, 6.45) is 8.01. The number of rotatable bonds is 8. The Kier molecular flexibility index (Phi) is 7.10. The molecule has 3 amide bonds. The van der Waals surface area contributed by atoms with Crippen molar-refractivity contribution in [2.45, 2.75) is 51.1 Å². The van der Waals surface area contributed by atoms with Gasteiger partial charge in [0, 0.05) is 42.4 Å². The van der Waals surface area contributed by atoms with E-state index < -0.39 is 6.04 Å². The van der Waals surface area contributed by atoms with Gasteiger partial charge in [-0.15, -0.1) is 0 Å². The number of carbonyl (C=O) groups is 3. The van der Waals surface area contributed by atoms with E-state index in [-0.39, 0.29) is 42.0 Å². The van der Waals surface area contributed by atoms with Gasteiger partial charge in [-0.2, -0.15) is 5.10 Å². The maximum atomic E-state index is 13.3. The molecule has 1 spiro atoms. The van der Waals surface area contributed by atoms with E-state index in [1.165, 1.54) is 0 Å². The molecule has 5 rings (SSSR count). The lowest BCUT2D eigenvalue weighted by molar-refractivity contribution is -0.139. The molecule has 1 saturated heterocycles. The van der Waals surface area contributed by atoms with Gasteiger partial charge in [-0.1, -0.05) is 12.1 Å². The van der Waals surface area contributed by atoms with Crippen molar-refractivity contribution in [3.8, 4) is 5.69 Å². The average molecular weight is 565 g/mol. The SMILES string of the molecule is CC(NC(=O)[C@H]1CC2(CC2)CN1C(=O)CCC(=O)Nc1ccc(Br)cn1)c1ccc(-n2cccn2)cc1. The minimum atomic E-state index is -0.517. The summed E-state index contributed by atoms with van der Waals surface area (Å²) < 4.78 is 2.59. The molecule has 1 aliphatic heterocycles. The zero-order valence-corrected chi connectivity index (χ0v) is 22.1. The molecule has 3 aromatic rings. The number of aromatic nitrogens is 3. The maximum Gasteiger partial charge on any atom is 0.243 e. The normalized spacial score (nSPS) is 18.4. The van der Waals surface area contributed by atoms with Gasteiger partial charge >= 0.3 is 0 Å². The second-order valence-electron chi connectivity index (χ2n) is 9.92. The van der Waals surface area contributed by atoms with Crippen LogP contribution in [0.5, 0.6) is 0 Å². The number of anilines is 1. The number of hydrogen-bond acceptors (Lipinski definition) is 5. The van der Waals surface area contributed by atoms with Gasteiger partial charge in [0.15, 0.2) is 0 Å². The third kappa shape index (κ3) is 5.90. The van der Waals surface area contributed by atoms with Crippen LogP contribution in [0.2, 0.25) is 0 Å². The molecular formula is C27H29BrN6O3. The van der Waals surface area contributed by atoms with Gasteiger partial charge in [0.05, 0.1) is 11.7 Å². The van der Waals surface area contributed by atoms with Crippen LogP contribution in [-0.2, 0) is 14.4 Å². The predicted molar refractivity (Wildman–Crippen MR) is 142 cm³/mol.